The van der Waals surface area contributed by atoms with Gasteiger partial charge in [0, 0.05) is 12.6 Å². The largest absolute Gasteiger partial charge is 0.329 e. The van der Waals surface area contributed by atoms with Gasteiger partial charge < -0.3 is 9.80 Å². The van der Waals surface area contributed by atoms with Crippen LogP contribution in [0.3, 0.4) is 0 Å². The van der Waals surface area contributed by atoms with Gasteiger partial charge in [0.25, 0.3) is 0 Å². The van der Waals surface area contributed by atoms with Gasteiger partial charge in [0.1, 0.15) is 12.1 Å². The summed E-state index contributed by atoms with van der Waals surface area (Å²) in [5.74, 6) is 1.14. The van der Waals surface area contributed by atoms with Crippen LogP contribution in [-0.2, 0) is 9.59 Å². The Morgan fingerprint density at radius 3 is 2.38 bits per heavy atom. The third kappa shape index (κ3) is 2.36. The Morgan fingerprint density at radius 1 is 1.00 bits per heavy atom. The number of piperazine rings is 1. The third-order valence-electron chi connectivity index (χ3n) is 5.68. The van der Waals surface area contributed by atoms with Crippen LogP contribution in [0, 0.1) is 11.8 Å². The maximum Gasteiger partial charge on any atom is 0.246 e. The minimum atomic E-state index is -0.239. The first-order valence-corrected chi connectivity index (χ1v) is 8.65. The Labute approximate surface area is 127 Å². The van der Waals surface area contributed by atoms with Crippen molar-refractivity contribution in [2.75, 3.05) is 6.54 Å². The fourth-order valence-electron chi connectivity index (χ4n) is 4.57. The molecule has 0 aromatic carbocycles. The van der Waals surface area contributed by atoms with E-state index in [9.17, 15) is 9.59 Å². The van der Waals surface area contributed by atoms with Crippen LogP contribution in [0.25, 0.3) is 0 Å². The molecule has 4 nitrogen and oxygen atoms in total. The standard InChI is InChI=1S/C17H28N2O2/c1-11(2)15-17(21)18-10-6-9-14(18)16(20)19(15)13-8-5-4-7-12(13)3/h11-15H,4-10H2,1-3H3. The molecule has 0 aromatic heterocycles. The van der Waals surface area contributed by atoms with E-state index in [0.717, 1.165) is 25.8 Å². The number of rotatable bonds is 2. The third-order valence-corrected chi connectivity index (χ3v) is 5.68. The van der Waals surface area contributed by atoms with E-state index in [4.69, 9.17) is 0 Å². The number of carbonyl (C=O) groups excluding carboxylic acids is 2. The highest BCUT2D eigenvalue weighted by Crippen LogP contribution is 2.36. The number of hydrogen-bond acceptors (Lipinski definition) is 2. The average molecular weight is 292 g/mol. The Morgan fingerprint density at radius 2 is 1.71 bits per heavy atom. The molecule has 4 unspecified atom stereocenters. The van der Waals surface area contributed by atoms with Crippen molar-refractivity contribution < 1.29 is 9.59 Å². The first-order chi connectivity index (χ1) is 10.0. The van der Waals surface area contributed by atoms with Gasteiger partial charge in [-0.3, -0.25) is 9.59 Å². The molecule has 2 amide bonds. The van der Waals surface area contributed by atoms with Crippen LogP contribution >= 0.6 is 0 Å². The van der Waals surface area contributed by atoms with Crippen molar-refractivity contribution in [2.45, 2.75) is 77.4 Å². The lowest BCUT2D eigenvalue weighted by atomic mass is 9.82. The summed E-state index contributed by atoms with van der Waals surface area (Å²) >= 11 is 0. The predicted octanol–water partition coefficient (Wildman–Crippen LogP) is 2.42. The van der Waals surface area contributed by atoms with Gasteiger partial charge in [-0.1, -0.05) is 33.6 Å². The molecule has 1 aliphatic carbocycles. The smallest absolute Gasteiger partial charge is 0.246 e. The second-order valence-electron chi connectivity index (χ2n) is 7.45. The minimum Gasteiger partial charge on any atom is -0.329 e. The fraction of sp³-hybridized carbons (Fsp3) is 0.882. The summed E-state index contributed by atoms with van der Waals surface area (Å²) in [4.78, 5) is 29.8. The number of amides is 2. The molecule has 3 fully saturated rings. The SMILES string of the molecule is CC(C)C1C(=O)N2CCCC2C(=O)N1C1CCCCC1C. The summed E-state index contributed by atoms with van der Waals surface area (Å²) in [5.41, 5.74) is 0. The summed E-state index contributed by atoms with van der Waals surface area (Å²) in [6.45, 7) is 7.17. The summed E-state index contributed by atoms with van der Waals surface area (Å²) in [7, 11) is 0. The maximum atomic E-state index is 13.0. The van der Waals surface area contributed by atoms with Crippen LogP contribution in [0.4, 0.5) is 0 Å². The topological polar surface area (TPSA) is 40.6 Å². The van der Waals surface area contributed by atoms with E-state index in [-0.39, 0.29) is 35.9 Å². The molecule has 3 aliphatic rings. The summed E-state index contributed by atoms with van der Waals surface area (Å²) in [5, 5.41) is 0. The van der Waals surface area contributed by atoms with Crippen LogP contribution in [0.15, 0.2) is 0 Å². The van der Waals surface area contributed by atoms with Gasteiger partial charge in [0.2, 0.25) is 11.8 Å². The molecule has 0 bridgehead atoms. The molecule has 0 aromatic rings. The predicted molar refractivity (Wildman–Crippen MR) is 81.6 cm³/mol. The molecule has 4 atom stereocenters. The first kappa shape index (κ1) is 14.9. The lowest BCUT2D eigenvalue weighted by molar-refractivity contribution is -0.166. The molecule has 21 heavy (non-hydrogen) atoms. The van der Waals surface area contributed by atoms with Crippen LogP contribution < -0.4 is 0 Å². The molecule has 118 valence electrons. The molecule has 0 radical (unpaired) electrons. The van der Waals surface area contributed by atoms with Crippen LogP contribution in [0.5, 0.6) is 0 Å². The number of fused-ring (bicyclic) bond motifs is 1. The monoisotopic (exact) mass is 292 g/mol. The zero-order valence-corrected chi connectivity index (χ0v) is 13.5. The van der Waals surface area contributed by atoms with Gasteiger partial charge in [-0.2, -0.15) is 0 Å². The molecular weight excluding hydrogens is 264 g/mol. The highest BCUT2D eigenvalue weighted by molar-refractivity contribution is 5.97. The lowest BCUT2D eigenvalue weighted by Crippen LogP contribution is -2.67. The molecule has 1 saturated carbocycles. The number of carbonyl (C=O) groups is 2. The quantitative estimate of drug-likeness (QED) is 0.784. The highest BCUT2D eigenvalue weighted by Gasteiger charge is 2.51. The second kappa shape index (κ2) is 5.62. The van der Waals surface area contributed by atoms with E-state index in [1.807, 2.05) is 9.80 Å². The molecule has 0 spiro atoms. The summed E-state index contributed by atoms with van der Waals surface area (Å²) in [6.07, 6.45) is 6.52. The fourth-order valence-corrected chi connectivity index (χ4v) is 4.57. The molecule has 3 rings (SSSR count). The van der Waals surface area contributed by atoms with Gasteiger partial charge >= 0.3 is 0 Å². The van der Waals surface area contributed by atoms with Crippen molar-refractivity contribution in [2.24, 2.45) is 11.8 Å². The highest BCUT2D eigenvalue weighted by atomic mass is 16.2. The van der Waals surface area contributed by atoms with Gasteiger partial charge in [0.15, 0.2) is 0 Å². The van der Waals surface area contributed by atoms with Crippen molar-refractivity contribution >= 4 is 11.8 Å². The summed E-state index contributed by atoms with van der Waals surface area (Å²) < 4.78 is 0. The van der Waals surface area contributed by atoms with Crippen molar-refractivity contribution in [3.8, 4) is 0 Å². The van der Waals surface area contributed by atoms with E-state index in [1.165, 1.54) is 19.3 Å². The van der Waals surface area contributed by atoms with Gasteiger partial charge in [-0.15, -0.1) is 0 Å². The van der Waals surface area contributed by atoms with Crippen LogP contribution in [0.1, 0.15) is 59.3 Å². The van der Waals surface area contributed by atoms with E-state index in [0.29, 0.717) is 5.92 Å². The average Bonchev–Trinajstić information content (AvgIpc) is 2.93. The Kier molecular flexibility index (Phi) is 3.98. The van der Waals surface area contributed by atoms with Gasteiger partial charge in [-0.25, -0.2) is 0 Å². The zero-order valence-electron chi connectivity index (χ0n) is 13.5. The van der Waals surface area contributed by atoms with Crippen molar-refractivity contribution in [1.82, 2.24) is 9.80 Å². The lowest BCUT2D eigenvalue weighted by Gasteiger charge is -2.50. The van der Waals surface area contributed by atoms with E-state index in [1.54, 1.807) is 0 Å². The van der Waals surface area contributed by atoms with E-state index >= 15 is 0 Å². The van der Waals surface area contributed by atoms with Gasteiger partial charge in [0.05, 0.1) is 0 Å². The number of hydrogen-bond donors (Lipinski definition) is 0. The van der Waals surface area contributed by atoms with Crippen molar-refractivity contribution in [3.05, 3.63) is 0 Å². The molecular formula is C17H28N2O2. The Hall–Kier alpha value is -1.06. The molecule has 0 N–H and O–H groups in total. The van der Waals surface area contributed by atoms with E-state index < -0.39 is 0 Å². The molecule has 4 heteroatoms. The van der Waals surface area contributed by atoms with Gasteiger partial charge in [-0.05, 0) is 37.5 Å². The van der Waals surface area contributed by atoms with Crippen molar-refractivity contribution in [1.29, 1.82) is 0 Å². The zero-order chi connectivity index (χ0) is 15.1. The second-order valence-corrected chi connectivity index (χ2v) is 7.45. The van der Waals surface area contributed by atoms with Crippen LogP contribution in [-0.4, -0.2) is 46.3 Å². The van der Waals surface area contributed by atoms with Crippen LogP contribution in [0.2, 0.25) is 0 Å². The van der Waals surface area contributed by atoms with E-state index in [2.05, 4.69) is 20.8 Å². The summed E-state index contributed by atoms with van der Waals surface area (Å²) in [6, 6.07) is -0.135. The Bertz CT molecular complexity index is 435. The molecule has 2 saturated heterocycles. The normalized spacial score (nSPS) is 37.3. The maximum absolute atomic E-state index is 13.0. The Balaban J connectivity index is 1.94. The molecule has 2 aliphatic heterocycles. The van der Waals surface area contributed by atoms with Crippen molar-refractivity contribution in [3.63, 3.8) is 0 Å². The molecule has 2 heterocycles. The number of nitrogens with zero attached hydrogens (tertiary/aromatic N) is 2. The first-order valence-electron chi connectivity index (χ1n) is 8.65. The minimum absolute atomic E-state index is 0.165.